The van der Waals surface area contributed by atoms with Gasteiger partial charge in [0.15, 0.2) is 0 Å². The molecule has 0 spiro atoms. The molecule has 0 radical (unpaired) electrons. The first-order valence-electron chi connectivity index (χ1n) is 49.1. The second-order valence-electron chi connectivity index (χ2n) is 45.9. The summed E-state index contributed by atoms with van der Waals surface area (Å²) >= 11 is 0. The molecular weight excluding hydrogens is 1780 g/mol. The average molecular weight is 1990 g/mol. The van der Waals surface area contributed by atoms with Crippen molar-refractivity contribution in [3.05, 3.63) is 102 Å². The number of likely N-dealkylation sites (N-methyl/N-ethyl adjacent to an activating group) is 3. The number of ketones is 1. The van der Waals surface area contributed by atoms with Crippen molar-refractivity contribution >= 4 is 29.5 Å². The van der Waals surface area contributed by atoms with Gasteiger partial charge in [-0.3, -0.25) is 24.0 Å². The summed E-state index contributed by atoms with van der Waals surface area (Å²) in [4.78, 5) is 54.5. The van der Waals surface area contributed by atoms with Crippen molar-refractivity contribution in [2.45, 2.75) is 423 Å². The highest BCUT2D eigenvalue weighted by molar-refractivity contribution is 5.84. The lowest BCUT2D eigenvalue weighted by atomic mass is 9.75. The van der Waals surface area contributed by atoms with E-state index in [-0.39, 0.29) is 95.8 Å². The van der Waals surface area contributed by atoms with Crippen LogP contribution in [0.2, 0.25) is 0 Å². The van der Waals surface area contributed by atoms with E-state index in [1.54, 1.807) is 0 Å². The van der Waals surface area contributed by atoms with E-state index in [0.29, 0.717) is 78.5 Å². The molecule has 0 fully saturated rings. The molecule has 3 amide bonds. The number of amides is 3. The van der Waals surface area contributed by atoms with Gasteiger partial charge < -0.3 is 55.6 Å². The quantitative estimate of drug-likeness (QED) is 0.0218. The van der Waals surface area contributed by atoms with Crippen LogP contribution < -0.4 is 36.6 Å². The summed E-state index contributed by atoms with van der Waals surface area (Å²) in [6.45, 7) is 92.4. The highest BCUT2D eigenvalue weighted by Crippen LogP contribution is 2.35. The summed E-state index contributed by atoms with van der Waals surface area (Å²) in [5.41, 5.74) is 4.21. The highest BCUT2D eigenvalue weighted by atomic mass is 16.6. The van der Waals surface area contributed by atoms with Crippen LogP contribution in [0.25, 0.3) is 0 Å². The first kappa shape index (κ1) is 156. The summed E-state index contributed by atoms with van der Waals surface area (Å²) in [6, 6.07) is 30.7. The monoisotopic (exact) mass is 1990 g/mol. The predicted molar refractivity (Wildman–Crippen MR) is 622 cm³/mol. The molecule has 0 bridgehead atoms. The van der Waals surface area contributed by atoms with Crippen LogP contribution in [0.5, 0.6) is 5.75 Å². The van der Waals surface area contributed by atoms with Crippen LogP contribution in [0.1, 0.15) is 382 Å². The summed E-state index contributed by atoms with van der Waals surface area (Å²) < 4.78 is 27.7. The number of terminal acetylenes is 2. The van der Waals surface area contributed by atoms with Crippen LogP contribution in [0.4, 0.5) is 0 Å². The third kappa shape index (κ3) is 131. The number of para-hydroxylation sites is 1. The normalized spacial score (nSPS) is 10.4. The first-order chi connectivity index (χ1) is 64.5. The second kappa shape index (κ2) is 84.3. The maximum absolute atomic E-state index is 11.6. The van der Waals surface area contributed by atoms with E-state index in [0.717, 1.165) is 51.1 Å². The summed E-state index contributed by atoms with van der Waals surface area (Å²) in [6.07, 6.45) is 19.9. The summed E-state index contributed by atoms with van der Waals surface area (Å²) in [5.74, 6) is 59.4. The largest absolute Gasteiger partial charge is 0.488 e. The molecule has 0 aliphatic rings. The Bertz CT molecular complexity index is 4600. The van der Waals surface area contributed by atoms with Crippen LogP contribution in [-0.2, 0) is 55.9 Å². The molecule has 0 atom stereocenters. The number of esters is 1. The predicted octanol–water partition coefficient (Wildman–Crippen LogP) is 26.2. The Kier molecular flexibility index (Phi) is 91.1. The molecule has 0 unspecified atom stereocenters. The van der Waals surface area contributed by atoms with Gasteiger partial charge in [0.1, 0.15) is 22.7 Å². The fourth-order valence-electron chi connectivity index (χ4n) is 9.16. The van der Waals surface area contributed by atoms with Crippen molar-refractivity contribution in [1.29, 1.82) is 0 Å². The van der Waals surface area contributed by atoms with Gasteiger partial charge in [-0.2, -0.15) is 0 Å². The van der Waals surface area contributed by atoms with Crippen LogP contribution >= 0.6 is 0 Å². The number of hydrogen-bond acceptors (Lipinski definition) is 13. The molecule has 16 nitrogen and oxygen atoms in total. The molecule has 0 heterocycles. The maximum Gasteiger partial charge on any atom is 0.306 e. The van der Waals surface area contributed by atoms with Crippen LogP contribution in [0.15, 0.2) is 91.0 Å². The summed E-state index contributed by atoms with van der Waals surface area (Å²) in [5, 5.41) is 17.5. The Morgan fingerprint density at radius 3 is 0.882 bits per heavy atom. The minimum absolute atomic E-state index is 0. The van der Waals surface area contributed by atoms with Crippen molar-refractivity contribution in [3.63, 3.8) is 0 Å². The molecule has 3 aromatic rings. The molecule has 0 aliphatic heterocycles. The van der Waals surface area contributed by atoms with Crippen LogP contribution in [0.3, 0.4) is 0 Å². The molecule has 0 aromatic heterocycles. The van der Waals surface area contributed by atoms with Gasteiger partial charge in [0.2, 0.25) is 17.7 Å². The van der Waals surface area contributed by atoms with Gasteiger partial charge >= 0.3 is 5.97 Å². The molecule has 0 saturated carbocycles. The number of carbonyl (C=O) groups is 5. The number of Topliss-reactive ketones (excluding diaryl/α,β-unsaturated/α-hetero) is 1. The number of ether oxygens (including phenoxy) is 5. The smallest absolute Gasteiger partial charge is 0.306 e. The van der Waals surface area contributed by atoms with Crippen molar-refractivity contribution in [2.75, 3.05) is 60.6 Å². The lowest BCUT2D eigenvalue weighted by molar-refractivity contribution is -0.155. The van der Waals surface area contributed by atoms with E-state index in [4.69, 9.17) is 36.5 Å². The van der Waals surface area contributed by atoms with E-state index in [2.05, 4.69) is 383 Å². The minimum atomic E-state index is -0.386. The maximum atomic E-state index is 11.6. The van der Waals surface area contributed by atoms with E-state index in [1.807, 2.05) is 174 Å². The number of benzene rings is 3. The highest BCUT2D eigenvalue weighted by Gasteiger charge is 2.29. The Labute approximate surface area is 887 Å². The van der Waals surface area contributed by atoms with Crippen LogP contribution in [-0.4, -0.2) is 129 Å². The van der Waals surface area contributed by atoms with E-state index in [1.165, 1.54) is 51.2 Å². The Hall–Kier alpha value is -10.9. The topological polar surface area (TPSA) is 204 Å². The number of nitrogens with one attached hydrogen (secondary N) is 6. The van der Waals surface area contributed by atoms with Gasteiger partial charge in [0, 0.05) is 136 Å². The van der Waals surface area contributed by atoms with Crippen molar-refractivity contribution < 1.29 is 47.7 Å². The fourth-order valence-corrected chi connectivity index (χ4v) is 9.16. The van der Waals surface area contributed by atoms with Gasteiger partial charge in [-0.1, -0.05) is 266 Å². The third-order valence-corrected chi connectivity index (χ3v) is 19.3. The van der Waals surface area contributed by atoms with Gasteiger partial charge in [0.25, 0.3) is 0 Å². The Morgan fingerprint density at radius 2 is 0.639 bits per heavy atom. The lowest BCUT2D eigenvalue weighted by Gasteiger charge is -2.31. The SMILES string of the molecule is C.C.C.C#CC#CC#CC#CC#CC#CC#CC#CC#CC#CC#CC#CC#C.CC(C)(C)Cc1ccccc1.CC(C)(C)OCc1ccccc1.CC(C)(C)Oc1ccccc1.CCC(C)(C)CC(=O)C(C)(C)C.CCC(C)(C)CC(C)(C)C.CCC(C)(C)CCOCCCC(=O)OC(C)(C)C.CCC(C)(C)COC(C)(C)C.CNC(C)(C)CNC(C)=O.CNC(C)(C)CNC(C)=O.CNC(C)(C)CNC(C)=O. The fraction of sp³-hybridized carbons (Fsp3) is 0.617. The van der Waals surface area contributed by atoms with Crippen molar-refractivity contribution in [3.8, 4) is 161 Å². The van der Waals surface area contributed by atoms with E-state index >= 15 is 0 Å². The molecule has 3 rings (SSSR count). The minimum Gasteiger partial charge on any atom is -0.488 e. The van der Waals surface area contributed by atoms with E-state index in [9.17, 15) is 24.0 Å². The molecule has 6 N–H and O–H groups in total. The zero-order valence-corrected chi connectivity index (χ0v) is 96.9. The second-order valence-corrected chi connectivity index (χ2v) is 45.9. The van der Waals surface area contributed by atoms with E-state index < -0.39 is 0 Å². The third-order valence-electron chi connectivity index (χ3n) is 19.3. The molecule has 3 aromatic carbocycles. The first-order valence-corrected chi connectivity index (χ1v) is 49.1. The van der Waals surface area contributed by atoms with Gasteiger partial charge in [-0.15, -0.1) is 12.8 Å². The standard InChI is InChI=1S/C26H2.C15H30O3.C11H16O.C11H22O.C11H16.C10H14O.C10H22O.C10H22.3C7H16N2O.3CH4/c1-3-5-7-9-11-13-15-17-19-21-23-25-26-24-22-20-18-16-14-12-10-8-6-4-2;1-7-15(5,6)10-12-17-11-8-9-13(16)18-14(2,3)4;1-11(2,3)12-9-10-7-5-4-6-8-10;1-7-11(5,6)8-9(12)10(2,3)4;1-11(2,3)9-10-7-5-4-6-8-10;1-10(2,3)11-9-7-5-4-6-8-9;1-7-10(5,6)8-11-9(2,3)4;1-7-10(5,6)8-9(2,3)4;3*1-6(10)9-5-7(2,3)8-4;;;/h1-2H;7-12H2,1-6H3;4-8H,9H2,1-3H3;7-8H2,1-6H3;4-8H,9H2,1-3H3;4-8H,1-3H3;7-8H2,1-6H3;7-8H2,1-6H3;3*8H,5H2,1-4H3,(H,9,10);3*1H4. The number of carbonyl (C=O) groups excluding carboxylic acids is 5. The Balaban J connectivity index is -0.000000152. The van der Waals surface area contributed by atoms with Gasteiger partial charge in [-0.05, 0) is 328 Å². The molecule has 806 valence electrons. The molecule has 16 heteroatoms. The number of rotatable bonds is 29. The van der Waals surface area contributed by atoms with Crippen LogP contribution in [0, 0.1) is 193 Å². The van der Waals surface area contributed by atoms with Gasteiger partial charge in [-0.25, -0.2) is 0 Å². The molecule has 144 heavy (non-hydrogen) atoms. The van der Waals surface area contributed by atoms with Crippen molar-refractivity contribution in [1.82, 2.24) is 31.9 Å². The average Bonchev–Trinajstić information content (AvgIpc) is 0.868. The lowest BCUT2D eigenvalue weighted by Crippen LogP contribution is -2.46. The molecular formula is C128H204N6O10. The van der Waals surface area contributed by atoms with Crippen molar-refractivity contribution in [2.24, 2.45) is 37.9 Å². The number of hydrogen-bond donors (Lipinski definition) is 6. The molecule has 0 saturated heterocycles. The van der Waals surface area contributed by atoms with Gasteiger partial charge in [0.05, 0.1) is 24.4 Å². The zero-order chi connectivity index (χ0) is 111. The summed E-state index contributed by atoms with van der Waals surface area (Å²) in [7, 11) is 5.63. The zero-order valence-electron chi connectivity index (χ0n) is 96.9. The Morgan fingerprint density at radius 1 is 0.340 bits per heavy atom. The molecule has 0 aliphatic carbocycles.